The van der Waals surface area contributed by atoms with Gasteiger partial charge in [-0.2, -0.15) is 5.10 Å². The number of nitrogens with one attached hydrogen (secondary N) is 1. The Labute approximate surface area is 162 Å². The minimum atomic E-state index is -0.427. The predicted molar refractivity (Wildman–Crippen MR) is 108 cm³/mol. The molecule has 6 nitrogen and oxygen atoms in total. The van der Waals surface area contributed by atoms with Crippen LogP contribution in [-0.4, -0.2) is 23.8 Å². The third-order valence-electron chi connectivity index (χ3n) is 4.44. The largest absolute Gasteiger partial charge is 0.493 e. The van der Waals surface area contributed by atoms with Crippen molar-refractivity contribution in [1.29, 1.82) is 0 Å². The second-order valence-corrected chi connectivity index (χ2v) is 6.26. The molecule has 2 heterocycles. The first-order chi connectivity index (χ1) is 13.7. The van der Waals surface area contributed by atoms with Crippen molar-refractivity contribution in [2.45, 2.75) is 6.92 Å². The fourth-order valence-corrected chi connectivity index (χ4v) is 3.11. The van der Waals surface area contributed by atoms with Gasteiger partial charge in [-0.05, 0) is 43.3 Å². The molecular formula is C22H19N3O3. The van der Waals surface area contributed by atoms with Gasteiger partial charge in [-0.1, -0.05) is 30.3 Å². The van der Waals surface area contributed by atoms with Crippen molar-refractivity contribution in [2.75, 3.05) is 7.11 Å². The Bertz CT molecular complexity index is 1160. The van der Waals surface area contributed by atoms with Gasteiger partial charge in [0, 0.05) is 16.8 Å². The zero-order valence-corrected chi connectivity index (χ0v) is 15.5. The Balaban J connectivity index is 1.54. The van der Waals surface area contributed by atoms with Gasteiger partial charge in [0.15, 0.2) is 17.1 Å². The lowest BCUT2D eigenvalue weighted by Crippen LogP contribution is -2.17. The van der Waals surface area contributed by atoms with Crippen LogP contribution >= 0.6 is 0 Å². The van der Waals surface area contributed by atoms with Crippen molar-refractivity contribution in [3.63, 3.8) is 0 Å². The number of rotatable bonds is 5. The van der Waals surface area contributed by atoms with Crippen molar-refractivity contribution >= 4 is 23.1 Å². The summed E-state index contributed by atoms with van der Waals surface area (Å²) < 4.78 is 13.0. The summed E-state index contributed by atoms with van der Waals surface area (Å²) in [6, 6.07) is 21.1. The fourth-order valence-electron chi connectivity index (χ4n) is 3.11. The Morgan fingerprint density at radius 2 is 1.93 bits per heavy atom. The molecule has 0 spiro atoms. The van der Waals surface area contributed by atoms with Crippen LogP contribution < -0.4 is 10.2 Å². The first-order valence-electron chi connectivity index (χ1n) is 8.81. The number of hydrogen-bond acceptors (Lipinski definition) is 4. The number of hydrazone groups is 1. The van der Waals surface area contributed by atoms with Gasteiger partial charge in [0.1, 0.15) is 0 Å². The van der Waals surface area contributed by atoms with Gasteiger partial charge in [-0.3, -0.25) is 4.79 Å². The van der Waals surface area contributed by atoms with Gasteiger partial charge in [-0.15, -0.1) is 0 Å². The van der Waals surface area contributed by atoms with Crippen molar-refractivity contribution in [3.8, 4) is 11.4 Å². The summed E-state index contributed by atoms with van der Waals surface area (Å²) >= 11 is 0. The van der Waals surface area contributed by atoms with E-state index in [1.54, 1.807) is 25.5 Å². The van der Waals surface area contributed by atoms with Gasteiger partial charge < -0.3 is 13.7 Å². The molecule has 4 aromatic rings. The number of para-hydroxylation sites is 2. The summed E-state index contributed by atoms with van der Waals surface area (Å²) in [6.45, 7) is 2.02. The first-order valence-corrected chi connectivity index (χ1v) is 8.81. The molecule has 2 aromatic carbocycles. The predicted octanol–water partition coefficient (Wildman–Crippen LogP) is 4.30. The third kappa shape index (κ3) is 3.27. The maximum atomic E-state index is 12.4. The molecule has 0 saturated heterocycles. The summed E-state index contributed by atoms with van der Waals surface area (Å²) in [5, 5.41) is 4.89. The van der Waals surface area contributed by atoms with Crippen LogP contribution in [-0.2, 0) is 0 Å². The van der Waals surface area contributed by atoms with E-state index < -0.39 is 5.91 Å². The van der Waals surface area contributed by atoms with Crippen molar-refractivity contribution < 1.29 is 13.9 Å². The third-order valence-corrected chi connectivity index (χ3v) is 4.44. The molecule has 0 bridgehead atoms. The number of hydrogen-bond donors (Lipinski definition) is 1. The fraction of sp³-hybridized carbons (Fsp3) is 0.0909. The monoisotopic (exact) mass is 373 g/mol. The molecule has 6 heteroatoms. The molecule has 1 amide bonds. The summed E-state index contributed by atoms with van der Waals surface area (Å²) in [7, 11) is 1.56. The molecular weight excluding hydrogens is 354 g/mol. The normalized spacial score (nSPS) is 11.2. The topological polar surface area (TPSA) is 68.8 Å². The maximum Gasteiger partial charge on any atom is 0.307 e. The van der Waals surface area contributed by atoms with E-state index in [-0.39, 0.29) is 5.76 Å². The number of nitrogens with zero attached hydrogens (tertiary/aromatic N) is 2. The number of aromatic nitrogens is 1. The van der Waals surface area contributed by atoms with E-state index in [0.717, 1.165) is 22.5 Å². The van der Waals surface area contributed by atoms with Crippen LogP contribution in [0.2, 0.25) is 0 Å². The van der Waals surface area contributed by atoms with Crippen LogP contribution in [0, 0.1) is 6.92 Å². The van der Waals surface area contributed by atoms with Crippen molar-refractivity contribution in [3.05, 3.63) is 83.9 Å². The summed E-state index contributed by atoms with van der Waals surface area (Å²) in [5.74, 6) is 0.325. The van der Waals surface area contributed by atoms with Crippen LogP contribution in [0.15, 0.2) is 76.2 Å². The van der Waals surface area contributed by atoms with Crippen LogP contribution in [0.3, 0.4) is 0 Å². The molecule has 4 rings (SSSR count). The average molecular weight is 373 g/mol. The SMILES string of the molecule is COc1cccc2cc(C(=O)N/N=C/c3ccc(C)n3-c3ccccc3)oc12. The highest BCUT2D eigenvalue weighted by Crippen LogP contribution is 2.28. The Kier molecular flexibility index (Phi) is 4.68. The highest BCUT2D eigenvalue weighted by atomic mass is 16.5. The zero-order valence-electron chi connectivity index (χ0n) is 15.5. The zero-order chi connectivity index (χ0) is 19.5. The number of amides is 1. The molecule has 2 aromatic heterocycles. The van der Waals surface area contributed by atoms with Crippen LogP contribution in [0.1, 0.15) is 21.9 Å². The highest BCUT2D eigenvalue weighted by molar-refractivity contribution is 5.97. The first kappa shape index (κ1) is 17.6. The number of fused-ring (bicyclic) bond motifs is 1. The molecule has 0 atom stereocenters. The molecule has 0 saturated carbocycles. The maximum absolute atomic E-state index is 12.4. The number of benzene rings is 2. The van der Waals surface area contributed by atoms with E-state index in [4.69, 9.17) is 9.15 Å². The molecule has 140 valence electrons. The second kappa shape index (κ2) is 7.44. The van der Waals surface area contributed by atoms with E-state index in [1.807, 2.05) is 61.5 Å². The van der Waals surface area contributed by atoms with Crippen LogP contribution in [0.4, 0.5) is 0 Å². The van der Waals surface area contributed by atoms with Gasteiger partial charge in [0.05, 0.1) is 19.0 Å². The molecule has 0 unspecified atom stereocenters. The van der Waals surface area contributed by atoms with Crippen LogP contribution in [0.5, 0.6) is 5.75 Å². The smallest absolute Gasteiger partial charge is 0.307 e. The van der Waals surface area contributed by atoms with E-state index in [1.165, 1.54) is 0 Å². The van der Waals surface area contributed by atoms with Gasteiger partial charge >= 0.3 is 5.91 Å². The van der Waals surface area contributed by atoms with E-state index in [2.05, 4.69) is 15.1 Å². The van der Waals surface area contributed by atoms with Gasteiger partial charge in [0.25, 0.3) is 0 Å². The number of carbonyl (C=O) groups is 1. The standard InChI is InChI=1S/C22H19N3O3/c1-15-11-12-18(25(15)17-8-4-3-5-9-17)14-23-24-22(26)20-13-16-7-6-10-19(27-2)21(16)28-20/h3-14H,1-2H3,(H,24,26)/b23-14+. The number of aryl methyl sites for hydroxylation is 1. The number of furan rings is 1. The molecule has 0 radical (unpaired) electrons. The van der Waals surface area contributed by atoms with Crippen LogP contribution in [0.25, 0.3) is 16.7 Å². The quantitative estimate of drug-likeness (QED) is 0.419. The molecule has 0 fully saturated rings. The number of methoxy groups -OCH3 is 1. The summed E-state index contributed by atoms with van der Waals surface area (Å²) in [5.41, 5.74) is 6.01. The van der Waals surface area contributed by atoms with E-state index in [0.29, 0.717) is 11.3 Å². The Hall–Kier alpha value is -3.80. The Morgan fingerprint density at radius 3 is 2.71 bits per heavy atom. The second-order valence-electron chi connectivity index (χ2n) is 6.26. The molecule has 0 aliphatic carbocycles. The highest BCUT2D eigenvalue weighted by Gasteiger charge is 2.14. The molecule has 0 aliphatic rings. The lowest BCUT2D eigenvalue weighted by atomic mass is 10.2. The molecule has 1 N–H and O–H groups in total. The lowest BCUT2D eigenvalue weighted by molar-refractivity contribution is 0.0929. The van der Waals surface area contributed by atoms with Gasteiger partial charge in [0.2, 0.25) is 0 Å². The van der Waals surface area contributed by atoms with Gasteiger partial charge in [-0.25, -0.2) is 5.43 Å². The minimum Gasteiger partial charge on any atom is -0.493 e. The number of carbonyl (C=O) groups excluding carboxylic acids is 1. The average Bonchev–Trinajstić information content (AvgIpc) is 3.32. The lowest BCUT2D eigenvalue weighted by Gasteiger charge is -2.08. The summed E-state index contributed by atoms with van der Waals surface area (Å²) in [6.07, 6.45) is 1.61. The molecule has 28 heavy (non-hydrogen) atoms. The Morgan fingerprint density at radius 1 is 1.11 bits per heavy atom. The summed E-state index contributed by atoms with van der Waals surface area (Å²) in [4.78, 5) is 12.4. The molecule has 0 aliphatic heterocycles. The minimum absolute atomic E-state index is 0.172. The van der Waals surface area contributed by atoms with E-state index in [9.17, 15) is 4.79 Å². The number of ether oxygens (including phenoxy) is 1. The van der Waals surface area contributed by atoms with Crippen molar-refractivity contribution in [1.82, 2.24) is 9.99 Å². The van der Waals surface area contributed by atoms with E-state index >= 15 is 0 Å². The van der Waals surface area contributed by atoms with Crippen molar-refractivity contribution in [2.24, 2.45) is 5.10 Å².